The first-order chi connectivity index (χ1) is 8.72. The molecule has 1 nitrogen and oxygen atoms in total. The molecule has 0 atom stereocenters. The predicted molar refractivity (Wildman–Crippen MR) is 72.4 cm³/mol. The van der Waals surface area contributed by atoms with Crippen LogP contribution in [0.4, 0.5) is 10.1 Å². The number of halogens is 2. The minimum atomic E-state index is -0.354. The van der Waals surface area contributed by atoms with Crippen molar-refractivity contribution in [2.75, 3.05) is 0 Å². The Morgan fingerprint density at radius 1 is 1.06 bits per heavy atom. The van der Waals surface area contributed by atoms with Crippen LogP contribution >= 0.6 is 11.6 Å². The Balaban J connectivity index is 2.03. The summed E-state index contributed by atoms with van der Waals surface area (Å²) in [6.07, 6.45) is 1.89. The van der Waals surface area contributed by atoms with Crippen LogP contribution in [0.1, 0.15) is 17.5 Å². The number of hydrogen-bond donors (Lipinski definition) is 0. The highest BCUT2D eigenvalue weighted by atomic mass is 35.5. The van der Waals surface area contributed by atoms with Gasteiger partial charge in [-0.3, -0.25) is 4.99 Å². The van der Waals surface area contributed by atoms with Crippen LogP contribution in [-0.4, -0.2) is 5.71 Å². The number of hydrogen-bond acceptors (Lipinski definition) is 1. The van der Waals surface area contributed by atoms with E-state index in [-0.39, 0.29) is 5.82 Å². The number of rotatable bonds is 1. The number of aryl methyl sites for hydroxylation is 1. The quantitative estimate of drug-likeness (QED) is 0.713. The van der Waals surface area contributed by atoms with E-state index in [0.717, 1.165) is 24.1 Å². The zero-order chi connectivity index (χ0) is 12.5. The second-order valence-electron chi connectivity index (χ2n) is 4.34. The second-order valence-corrected chi connectivity index (χ2v) is 4.78. The molecular weight excluding hydrogens is 249 g/mol. The van der Waals surface area contributed by atoms with E-state index in [9.17, 15) is 4.39 Å². The third-order valence-electron chi connectivity index (χ3n) is 3.07. The zero-order valence-corrected chi connectivity index (χ0v) is 10.4. The van der Waals surface area contributed by atoms with E-state index in [2.05, 4.69) is 17.1 Å². The van der Waals surface area contributed by atoms with Crippen molar-refractivity contribution in [2.45, 2.75) is 12.8 Å². The smallest absolute Gasteiger partial charge is 0.126 e. The molecule has 1 aliphatic carbocycles. The predicted octanol–water partition coefficient (Wildman–Crippen LogP) is 4.55. The summed E-state index contributed by atoms with van der Waals surface area (Å²) in [7, 11) is 0. The maximum absolute atomic E-state index is 13.2. The zero-order valence-electron chi connectivity index (χ0n) is 9.66. The molecule has 90 valence electrons. The Morgan fingerprint density at radius 3 is 2.72 bits per heavy atom. The summed E-state index contributed by atoms with van der Waals surface area (Å²) in [6, 6.07) is 12.6. The van der Waals surface area contributed by atoms with Crippen molar-refractivity contribution in [3.63, 3.8) is 0 Å². The van der Waals surface area contributed by atoms with Crippen molar-refractivity contribution in [3.8, 4) is 0 Å². The molecule has 0 aliphatic heterocycles. The summed E-state index contributed by atoms with van der Waals surface area (Å²) >= 11 is 5.83. The SMILES string of the molecule is Fc1cc(Cl)cc(N=C2CCc3ccccc32)c1. The van der Waals surface area contributed by atoms with Crippen LogP contribution < -0.4 is 0 Å². The average molecular weight is 260 g/mol. The molecule has 2 aromatic rings. The molecule has 0 saturated carbocycles. The third kappa shape index (κ3) is 2.16. The van der Waals surface area contributed by atoms with Gasteiger partial charge in [0.25, 0.3) is 0 Å². The molecule has 0 spiro atoms. The summed E-state index contributed by atoms with van der Waals surface area (Å²) in [5, 5.41) is 0.376. The standard InChI is InChI=1S/C15H11ClFN/c16-11-7-12(17)9-13(8-11)18-15-6-5-10-3-1-2-4-14(10)15/h1-4,7-9H,5-6H2. The first kappa shape index (κ1) is 11.4. The van der Waals surface area contributed by atoms with Gasteiger partial charge < -0.3 is 0 Å². The molecular formula is C15H11ClFN. The molecule has 0 fully saturated rings. The van der Waals surface area contributed by atoms with Crippen molar-refractivity contribution in [1.82, 2.24) is 0 Å². The van der Waals surface area contributed by atoms with Gasteiger partial charge in [0.15, 0.2) is 0 Å². The van der Waals surface area contributed by atoms with Crippen LogP contribution in [0.25, 0.3) is 0 Å². The number of fused-ring (bicyclic) bond motifs is 1. The Morgan fingerprint density at radius 2 is 1.89 bits per heavy atom. The van der Waals surface area contributed by atoms with Gasteiger partial charge in [-0.25, -0.2) is 4.39 Å². The van der Waals surface area contributed by atoms with Crippen molar-refractivity contribution in [2.24, 2.45) is 4.99 Å². The summed E-state index contributed by atoms with van der Waals surface area (Å²) in [5.74, 6) is -0.354. The molecule has 0 amide bonds. The van der Waals surface area contributed by atoms with Crippen molar-refractivity contribution in [3.05, 3.63) is 64.4 Å². The number of aliphatic imine (C=N–C) groups is 1. The number of benzene rings is 2. The topological polar surface area (TPSA) is 12.4 Å². The lowest BCUT2D eigenvalue weighted by molar-refractivity contribution is 0.628. The summed E-state index contributed by atoms with van der Waals surface area (Å²) in [4.78, 5) is 4.51. The van der Waals surface area contributed by atoms with Gasteiger partial charge in [-0.05, 0) is 42.2 Å². The number of nitrogens with zero attached hydrogens (tertiary/aromatic N) is 1. The van der Waals surface area contributed by atoms with Crippen LogP contribution in [0.15, 0.2) is 47.5 Å². The van der Waals surface area contributed by atoms with Crippen LogP contribution in [0.5, 0.6) is 0 Å². The first-order valence-electron chi connectivity index (χ1n) is 5.84. The molecule has 0 aromatic heterocycles. The second kappa shape index (κ2) is 4.54. The molecule has 0 unspecified atom stereocenters. The molecule has 0 bridgehead atoms. The van der Waals surface area contributed by atoms with Gasteiger partial charge >= 0.3 is 0 Å². The Kier molecular flexibility index (Phi) is 2.88. The maximum Gasteiger partial charge on any atom is 0.126 e. The van der Waals surface area contributed by atoms with Crippen LogP contribution in [0.2, 0.25) is 5.02 Å². The molecule has 18 heavy (non-hydrogen) atoms. The lowest BCUT2D eigenvalue weighted by atomic mass is 10.1. The summed E-state index contributed by atoms with van der Waals surface area (Å²) in [5.41, 5.74) is 4.05. The monoisotopic (exact) mass is 259 g/mol. The molecule has 0 heterocycles. The fourth-order valence-electron chi connectivity index (χ4n) is 2.28. The minimum Gasteiger partial charge on any atom is -0.253 e. The Labute approximate surface area is 110 Å². The van der Waals surface area contributed by atoms with Crippen molar-refractivity contribution < 1.29 is 4.39 Å². The van der Waals surface area contributed by atoms with Crippen LogP contribution in [-0.2, 0) is 6.42 Å². The third-order valence-corrected chi connectivity index (χ3v) is 3.29. The molecule has 3 heteroatoms. The molecule has 0 saturated heterocycles. The van der Waals surface area contributed by atoms with E-state index >= 15 is 0 Å². The molecule has 2 aromatic carbocycles. The van der Waals surface area contributed by atoms with Gasteiger partial charge in [0.05, 0.1) is 5.69 Å². The highest BCUT2D eigenvalue weighted by Gasteiger charge is 2.16. The first-order valence-corrected chi connectivity index (χ1v) is 6.22. The van der Waals surface area contributed by atoms with E-state index in [1.807, 2.05) is 12.1 Å². The molecule has 1 aliphatic rings. The summed E-state index contributed by atoms with van der Waals surface area (Å²) in [6.45, 7) is 0. The normalized spacial score (nSPS) is 16.0. The van der Waals surface area contributed by atoms with Gasteiger partial charge in [-0.2, -0.15) is 0 Å². The molecule has 3 rings (SSSR count). The largest absolute Gasteiger partial charge is 0.253 e. The van der Waals surface area contributed by atoms with Gasteiger partial charge in [0, 0.05) is 10.7 Å². The van der Waals surface area contributed by atoms with E-state index < -0.39 is 0 Å². The van der Waals surface area contributed by atoms with Gasteiger partial charge in [-0.1, -0.05) is 35.9 Å². The van der Waals surface area contributed by atoms with Crippen molar-refractivity contribution >= 4 is 23.0 Å². The molecule has 0 radical (unpaired) electrons. The minimum absolute atomic E-state index is 0.354. The van der Waals surface area contributed by atoms with E-state index in [1.165, 1.54) is 17.7 Å². The maximum atomic E-state index is 13.2. The lowest BCUT2D eigenvalue weighted by Gasteiger charge is -2.01. The van der Waals surface area contributed by atoms with Gasteiger partial charge in [-0.15, -0.1) is 0 Å². The van der Waals surface area contributed by atoms with E-state index in [1.54, 1.807) is 6.07 Å². The van der Waals surface area contributed by atoms with E-state index in [4.69, 9.17) is 11.6 Å². The average Bonchev–Trinajstić information content (AvgIpc) is 2.72. The lowest BCUT2D eigenvalue weighted by Crippen LogP contribution is -1.93. The Bertz CT molecular complexity index is 614. The van der Waals surface area contributed by atoms with Crippen LogP contribution in [0, 0.1) is 5.82 Å². The van der Waals surface area contributed by atoms with Gasteiger partial charge in [0.1, 0.15) is 5.82 Å². The van der Waals surface area contributed by atoms with E-state index in [0.29, 0.717) is 10.7 Å². The van der Waals surface area contributed by atoms with Crippen LogP contribution in [0.3, 0.4) is 0 Å². The highest BCUT2D eigenvalue weighted by molar-refractivity contribution is 6.30. The molecule has 0 N–H and O–H groups in total. The van der Waals surface area contributed by atoms with Gasteiger partial charge in [0.2, 0.25) is 0 Å². The fraction of sp³-hybridized carbons (Fsp3) is 0.133. The fourth-order valence-corrected chi connectivity index (χ4v) is 2.50. The Hall–Kier alpha value is -1.67. The highest BCUT2D eigenvalue weighted by Crippen LogP contribution is 2.27. The van der Waals surface area contributed by atoms with Crippen molar-refractivity contribution in [1.29, 1.82) is 0 Å². The summed E-state index contributed by atoms with van der Waals surface area (Å²) < 4.78 is 13.2.